The van der Waals surface area contributed by atoms with Crippen LogP contribution in [0.25, 0.3) is 11.3 Å². The molecule has 36 heavy (non-hydrogen) atoms. The lowest BCUT2D eigenvalue weighted by Crippen LogP contribution is -2.53. The Kier molecular flexibility index (Phi) is 9.24. The summed E-state index contributed by atoms with van der Waals surface area (Å²) in [4.78, 5) is 36.5. The molecule has 0 saturated carbocycles. The maximum atomic E-state index is 13.3. The highest BCUT2D eigenvalue weighted by molar-refractivity contribution is 5.90. The van der Waals surface area contributed by atoms with Crippen LogP contribution in [0.5, 0.6) is 0 Å². The van der Waals surface area contributed by atoms with Gasteiger partial charge in [-0.05, 0) is 43.7 Å². The predicted molar refractivity (Wildman–Crippen MR) is 136 cm³/mol. The average molecular weight is 494 g/mol. The van der Waals surface area contributed by atoms with Crippen molar-refractivity contribution >= 4 is 11.8 Å². The van der Waals surface area contributed by atoms with Crippen molar-refractivity contribution in [1.29, 1.82) is 5.53 Å². The molecule has 0 radical (unpaired) electrons. The second-order valence-corrected chi connectivity index (χ2v) is 9.40. The summed E-state index contributed by atoms with van der Waals surface area (Å²) in [5.41, 5.74) is 11.0. The fraction of sp³-hybridized carbons (Fsp3) is 0.462. The highest BCUT2D eigenvalue weighted by atomic mass is 16.3. The summed E-state index contributed by atoms with van der Waals surface area (Å²) in [5.74, 6) is -0.480. The third-order valence-electron chi connectivity index (χ3n) is 6.40. The molecule has 4 N–H and O–H groups in total. The van der Waals surface area contributed by atoms with E-state index < -0.39 is 18.1 Å². The SMILES string of the molecule is C/C(=C/N[C@H](C(=O)N1CCC[C@H]1C(=O)N[C@@H](CO)c1ccc(-c2ncncc2C)cc1)C(C)C)N=N. The minimum atomic E-state index is -0.608. The van der Waals surface area contributed by atoms with Gasteiger partial charge in [-0.1, -0.05) is 38.1 Å². The number of carbonyl (C=O) groups is 2. The predicted octanol–water partition coefficient (Wildman–Crippen LogP) is 3.10. The van der Waals surface area contributed by atoms with Gasteiger partial charge in [-0.3, -0.25) is 9.59 Å². The van der Waals surface area contributed by atoms with Gasteiger partial charge in [0.25, 0.3) is 0 Å². The van der Waals surface area contributed by atoms with Crippen molar-refractivity contribution in [3.8, 4) is 11.3 Å². The molecule has 1 aromatic heterocycles. The van der Waals surface area contributed by atoms with E-state index in [4.69, 9.17) is 5.53 Å². The van der Waals surface area contributed by atoms with E-state index in [1.54, 1.807) is 24.2 Å². The van der Waals surface area contributed by atoms with Gasteiger partial charge in [0.2, 0.25) is 11.8 Å². The lowest BCUT2D eigenvalue weighted by molar-refractivity contribution is -0.141. The molecule has 2 amide bonds. The number of aromatic nitrogens is 2. The highest BCUT2D eigenvalue weighted by Crippen LogP contribution is 2.24. The van der Waals surface area contributed by atoms with Crippen LogP contribution in [0.2, 0.25) is 0 Å². The molecular weight excluding hydrogens is 458 g/mol. The van der Waals surface area contributed by atoms with Crippen molar-refractivity contribution in [2.75, 3.05) is 13.2 Å². The maximum Gasteiger partial charge on any atom is 0.245 e. The van der Waals surface area contributed by atoms with Crippen LogP contribution in [0.1, 0.15) is 50.8 Å². The first-order valence-corrected chi connectivity index (χ1v) is 12.2. The molecule has 1 aliphatic rings. The zero-order valence-electron chi connectivity index (χ0n) is 21.2. The highest BCUT2D eigenvalue weighted by Gasteiger charge is 2.38. The van der Waals surface area contributed by atoms with Crippen LogP contribution in [0.15, 0.2) is 53.8 Å². The first-order valence-electron chi connectivity index (χ1n) is 12.2. The van der Waals surface area contributed by atoms with Crippen LogP contribution < -0.4 is 10.6 Å². The number of aryl methyl sites for hydroxylation is 1. The number of hydrogen-bond donors (Lipinski definition) is 4. The van der Waals surface area contributed by atoms with E-state index in [-0.39, 0.29) is 24.3 Å². The molecule has 10 heteroatoms. The monoisotopic (exact) mass is 493 g/mol. The number of aliphatic hydroxyl groups excluding tert-OH is 1. The van der Waals surface area contributed by atoms with Gasteiger partial charge in [0.15, 0.2) is 0 Å². The Morgan fingerprint density at radius 2 is 2.03 bits per heavy atom. The molecule has 1 aliphatic heterocycles. The van der Waals surface area contributed by atoms with Crippen molar-refractivity contribution in [3.63, 3.8) is 0 Å². The normalized spacial score (nSPS) is 17.6. The van der Waals surface area contributed by atoms with Gasteiger partial charge in [0.05, 0.1) is 24.0 Å². The number of aliphatic hydroxyl groups is 1. The van der Waals surface area contributed by atoms with Crippen molar-refractivity contribution < 1.29 is 14.7 Å². The third kappa shape index (κ3) is 6.31. The zero-order chi connectivity index (χ0) is 26.2. The molecule has 0 aliphatic carbocycles. The number of amides is 2. The van der Waals surface area contributed by atoms with Crippen LogP contribution in [0.3, 0.4) is 0 Å². The minimum Gasteiger partial charge on any atom is -0.394 e. The van der Waals surface area contributed by atoms with Crippen molar-refractivity contribution in [1.82, 2.24) is 25.5 Å². The molecule has 1 saturated heterocycles. The van der Waals surface area contributed by atoms with E-state index in [9.17, 15) is 14.7 Å². The van der Waals surface area contributed by atoms with Crippen LogP contribution in [-0.4, -0.2) is 57.0 Å². The molecule has 2 heterocycles. The van der Waals surface area contributed by atoms with Crippen molar-refractivity contribution in [2.45, 2.75) is 58.7 Å². The minimum absolute atomic E-state index is 0.0289. The quantitative estimate of drug-likeness (QED) is 0.375. The number of likely N-dealkylation sites (tertiary alicyclic amines) is 1. The first-order chi connectivity index (χ1) is 17.3. The Bertz CT molecular complexity index is 1100. The second-order valence-electron chi connectivity index (χ2n) is 9.40. The lowest BCUT2D eigenvalue weighted by Gasteiger charge is -2.31. The Hall–Kier alpha value is -3.66. The smallest absolute Gasteiger partial charge is 0.245 e. The largest absolute Gasteiger partial charge is 0.394 e. The van der Waals surface area contributed by atoms with E-state index in [0.717, 1.165) is 28.8 Å². The molecular formula is C26H35N7O3. The maximum absolute atomic E-state index is 13.3. The van der Waals surface area contributed by atoms with Gasteiger partial charge in [-0.25, -0.2) is 15.5 Å². The number of nitrogens with zero attached hydrogens (tertiary/aromatic N) is 4. The molecule has 3 atom stereocenters. The summed E-state index contributed by atoms with van der Waals surface area (Å²) < 4.78 is 0. The van der Waals surface area contributed by atoms with E-state index in [0.29, 0.717) is 18.7 Å². The van der Waals surface area contributed by atoms with Crippen molar-refractivity contribution in [2.24, 2.45) is 11.0 Å². The van der Waals surface area contributed by atoms with E-state index in [2.05, 4.69) is 25.7 Å². The fourth-order valence-electron chi connectivity index (χ4n) is 4.35. The Morgan fingerprint density at radius 3 is 2.64 bits per heavy atom. The van der Waals surface area contributed by atoms with Gasteiger partial charge >= 0.3 is 0 Å². The standard InChI is InChI=1S/C26H35N7O3/c1-16(2)23(29-13-18(4)32-27)26(36)33-11-5-6-22(33)25(35)31-21(14-34)19-7-9-20(10-8-19)24-17(3)12-28-15-30-24/h7-10,12-13,15-16,21-23,27,29,34H,5-6,11,14H2,1-4H3,(H,31,35)/b18-13-,32-27?/t21-,22-,23-/m0/s1. The van der Waals surface area contributed by atoms with Crippen molar-refractivity contribution in [3.05, 3.63) is 59.8 Å². The number of carbonyl (C=O) groups excluding carboxylic acids is 2. The van der Waals surface area contributed by atoms with Crippen LogP contribution in [-0.2, 0) is 9.59 Å². The van der Waals surface area contributed by atoms with E-state index in [1.807, 2.05) is 45.0 Å². The number of allylic oxidation sites excluding steroid dienone is 1. The van der Waals surface area contributed by atoms with Crippen LogP contribution in [0.4, 0.5) is 0 Å². The summed E-state index contributed by atoms with van der Waals surface area (Å²) in [6, 6.07) is 5.79. The summed E-state index contributed by atoms with van der Waals surface area (Å²) in [7, 11) is 0. The van der Waals surface area contributed by atoms with Gasteiger partial charge in [-0.2, -0.15) is 5.11 Å². The zero-order valence-corrected chi connectivity index (χ0v) is 21.2. The number of rotatable bonds is 10. The number of hydrogen-bond acceptors (Lipinski definition) is 8. The average Bonchev–Trinajstić information content (AvgIpc) is 3.37. The topological polar surface area (TPSA) is 144 Å². The van der Waals surface area contributed by atoms with Gasteiger partial charge in [-0.15, -0.1) is 0 Å². The summed E-state index contributed by atoms with van der Waals surface area (Å²) in [6.45, 7) is 7.69. The molecule has 1 aromatic carbocycles. The second kappa shape index (κ2) is 12.3. The Labute approximate surface area is 211 Å². The Morgan fingerprint density at radius 1 is 1.31 bits per heavy atom. The fourth-order valence-corrected chi connectivity index (χ4v) is 4.35. The molecule has 10 nitrogen and oxygen atoms in total. The van der Waals surface area contributed by atoms with Gasteiger partial charge < -0.3 is 20.6 Å². The summed E-state index contributed by atoms with van der Waals surface area (Å²) >= 11 is 0. The first kappa shape index (κ1) is 26.9. The molecule has 3 rings (SSSR count). The molecule has 2 aromatic rings. The molecule has 0 bridgehead atoms. The number of benzene rings is 1. The van der Waals surface area contributed by atoms with E-state index in [1.165, 1.54) is 6.33 Å². The summed E-state index contributed by atoms with van der Waals surface area (Å²) in [6.07, 6.45) is 6.09. The summed E-state index contributed by atoms with van der Waals surface area (Å²) in [5, 5.41) is 19.4. The Balaban J connectivity index is 1.71. The van der Waals surface area contributed by atoms with Gasteiger partial charge in [0, 0.05) is 24.5 Å². The lowest BCUT2D eigenvalue weighted by atomic mass is 10.0. The third-order valence-corrected chi connectivity index (χ3v) is 6.40. The van der Waals surface area contributed by atoms with Gasteiger partial charge in [0.1, 0.15) is 18.4 Å². The molecule has 192 valence electrons. The van der Waals surface area contributed by atoms with Crippen LogP contribution >= 0.6 is 0 Å². The van der Waals surface area contributed by atoms with Crippen LogP contribution in [0, 0.1) is 18.4 Å². The van der Waals surface area contributed by atoms with E-state index >= 15 is 0 Å². The molecule has 0 spiro atoms. The number of nitrogens with one attached hydrogen (secondary N) is 3. The molecule has 1 fully saturated rings. The molecule has 0 unspecified atom stereocenters.